The van der Waals surface area contributed by atoms with Crippen LogP contribution in [0.4, 0.5) is 0 Å². The Hall–Kier alpha value is -0.227. The van der Waals surface area contributed by atoms with Gasteiger partial charge in [0.25, 0.3) is 0 Å². The van der Waals surface area contributed by atoms with E-state index >= 15 is 0 Å². The first-order chi connectivity index (χ1) is 12.0. The van der Waals surface area contributed by atoms with E-state index in [1.54, 1.807) is 23.2 Å². The zero-order chi connectivity index (χ0) is 19.3. The molecule has 0 amide bonds. The summed E-state index contributed by atoms with van der Waals surface area (Å²) in [5.74, 6) is 0. The van der Waals surface area contributed by atoms with Crippen LogP contribution < -0.4 is 24.8 Å². The first-order valence-corrected chi connectivity index (χ1v) is 13.8. The summed E-state index contributed by atoms with van der Waals surface area (Å²) in [7, 11) is 0. The summed E-state index contributed by atoms with van der Waals surface area (Å²) in [6.07, 6.45) is 8.78. The van der Waals surface area contributed by atoms with Gasteiger partial charge in [-0.25, -0.2) is 0 Å². The van der Waals surface area contributed by atoms with Crippen LogP contribution in [0.15, 0.2) is 51.3 Å². The summed E-state index contributed by atoms with van der Waals surface area (Å²) in [6.45, 7) is 18.9. The molecule has 3 heteroatoms. The van der Waals surface area contributed by atoms with E-state index in [0.717, 1.165) is 0 Å². The molecule has 0 aliphatic heterocycles. The fourth-order valence-corrected chi connectivity index (χ4v) is 12.2. The molecule has 0 saturated heterocycles. The number of benzene rings is 1. The van der Waals surface area contributed by atoms with Crippen molar-refractivity contribution >= 4 is 8.78 Å². The number of hydrogen-bond donors (Lipinski definition) is 0. The van der Waals surface area contributed by atoms with Gasteiger partial charge >= 0.3 is 169 Å². The summed E-state index contributed by atoms with van der Waals surface area (Å²) in [4.78, 5) is 0. The summed E-state index contributed by atoms with van der Waals surface area (Å²) in [5.41, 5.74) is 6.76. The Morgan fingerprint density at radius 3 is 2.00 bits per heavy atom. The average Bonchev–Trinajstić information content (AvgIpc) is 3.12. The maximum Gasteiger partial charge on any atom is -1.00 e. The summed E-state index contributed by atoms with van der Waals surface area (Å²) in [6, 6.07) is 9.19. The van der Waals surface area contributed by atoms with Gasteiger partial charge in [-0.15, -0.1) is 0 Å². The maximum absolute atomic E-state index is 2.66. The van der Waals surface area contributed by atoms with Crippen molar-refractivity contribution in [2.24, 2.45) is 10.8 Å². The molecule has 0 aromatic heterocycles. The summed E-state index contributed by atoms with van der Waals surface area (Å²) >= 11 is -1.93. The number of allylic oxidation sites excluding steroid dienone is 6. The van der Waals surface area contributed by atoms with Gasteiger partial charge in [0.1, 0.15) is 0 Å². The molecule has 0 bridgehead atoms. The molecule has 1 atom stereocenters. The SMILES string of the molecule is C[C](C)=[Zr+2]([C]1=CC=C(C(C)(C)C)C1)[CH]1C=C(C(C)(C)C)c2ccccc21.[Cl-].[Cl-]. The first-order valence-electron chi connectivity index (χ1n) is 9.89. The third-order valence-electron chi connectivity index (χ3n) is 5.75. The van der Waals surface area contributed by atoms with Crippen LogP contribution in [0.5, 0.6) is 0 Å². The minimum atomic E-state index is -1.93. The van der Waals surface area contributed by atoms with E-state index in [4.69, 9.17) is 0 Å². The van der Waals surface area contributed by atoms with Crippen molar-refractivity contribution in [1.82, 2.24) is 0 Å². The van der Waals surface area contributed by atoms with Crippen LogP contribution in [0.3, 0.4) is 0 Å². The van der Waals surface area contributed by atoms with E-state index in [0.29, 0.717) is 3.63 Å². The van der Waals surface area contributed by atoms with Gasteiger partial charge in [0, 0.05) is 0 Å². The van der Waals surface area contributed by atoms with Gasteiger partial charge in [-0.05, 0) is 0 Å². The third kappa shape index (κ3) is 5.08. The van der Waals surface area contributed by atoms with E-state index in [2.05, 4.69) is 97.9 Å². The Bertz CT molecular complexity index is 851. The molecule has 1 aromatic rings. The predicted molar refractivity (Wildman–Crippen MR) is 113 cm³/mol. The molecule has 2 aliphatic carbocycles. The van der Waals surface area contributed by atoms with Crippen LogP contribution in [0.25, 0.3) is 5.57 Å². The molecule has 2 aliphatic rings. The molecule has 0 fully saturated rings. The molecule has 152 valence electrons. The van der Waals surface area contributed by atoms with E-state index in [9.17, 15) is 0 Å². The van der Waals surface area contributed by atoms with Crippen molar-refractivity contribution in [3.8, 4) is 0 Å². The molecular weight excluding hydrogens is 462 g/mol. The van der Waals surface area contributed by atoms with Crippen molar-refractivity contribution < 1.29 is 46.1 Å². The molecule has 0 nitrogen and oxygen atoms in total. The summed E-state index contributed by atoms with van der Waals surface area (Å²) in [5, 5.41) is 0. The first kappa shape index (κ1) is 25.8. The van der Waals surface area contributed by atoms with Crippen molar-refractivity contribution in [1.29, 1.82) is 0 Å². The predicted octanol–water partition coefficient (Wildman–Crippen LogP) is 1.27. The van der Waals surface area contributed by atoms with Crippen molar-refractivity contribution in [2.75, 3.05) is 0 Å². The van der Waals surface area contributed by atoms with E-state index in [1.807, 2.05) is 0 Å². The number of halogens is 2. The van der Waals surface area contributed by atoms with Gasteiger partial charge in [0.05, 0.1) is 0 Å². The quantitative estimate of drug-likeness (QED) is 0.579. The molecule has 28 heavy (non-hydrogen) atoms. The molecule has 1 aromatic carbocycles. The second-order valence-corrected chi connectivity index (χ2v) is 17.7. The van der Waals surface area contributed by atoms with Crippen LogP contribution in [0.2, 0.25) is 0 Å². The Kier molecular flexibility index (Phi) is 8.56. The Balaban J connectivity index is 0.00000196. The van der Waals surface area contributed by atoms with Crippen LogP contribution in [-0.2, 0) is 21.3 Å². The minimum absolute atomic E-state index is 0. The molecule has 3 rings (SSSR count). The molecule has 0 N–H and O–H groups in total. The van der Waals surface area contributed by atoms with E-state index in [-0.39, 0.29) is 35.6 Å². The topological polar surface area (TPSA) is 0 Å². The minimum Gasteiger partial charge on any atom is -1.00 e. The second kappa shape index (κ2) is 9.28. The van der Waals surface area contributed by atoms with E-state index < -0.39 is 21.3 Å². The second-order valence-electron chi connectivity index (χ2n) is 10.1. The fraction of sp³-hybridized carbons (Fsp3) is 0.480. The molecule has 0 heterocycles. The Morgan fingerprint density at radius 1 is 0.893 bits per heavy atom. The van der Waals surface area contributed by atoms with E-state index in [1.165, 1.54) is 12.0 Å². The normalized spacial score (nSPS) is 18.0. The Morgan fingerprint density at radius 2 is 1.50 bits per heavy atom. The molecule has 1 unspecified atom stereocenters. The maximum atomic E-state index is 2.66. The molecule has 0 saturated carbocycles. The van der Waals surface area contributed by atoms with Crippen LogP contribution >= 0.6 is 0 Å². The number of rotatable bonds is 2. The van der Waals surface area contributed by atoms with Crippen LogP contribution in [-0.4, -0.2) is 3.21 Å². The van der Waals surface area contributed by atoms with Gasteiger partial charge in [-0.3, -0.25) is 0 Å². The smallest absolute Gasteiger partial charge is 1.00 e. The standard InChI is InChI=1S/C13H15.C9H13.C3H6.2ClH.Zr/c1-13(2,3)12-9-8-10-6-4-5-7-11(10)12;1-9(2,3)8-6-4-5-7-8;1-3-2;;;/h4-9H,1-3H3;4,6H,7H2,1-3H3;1-2H3;2*1H;/q;;;;;+2/p-2. The monoisotopic (exact) mass is 494 g/mol. The van der Waals surface area contributed by atoms with Crippen molar-refractivity contribution in [2.45, 2.75) is 65.4 Å². The number of fused-ring (bicyclic) bond motifs is 1. The summed E-state index contributed by atoms with van der Waals surface area (Å²) < 4.78 is 4.16. The van der Waals surface area contributed by atoms with Gasteiger partial charge in [-0.2, -0.15) is 0 Å². The molecular formula is C25H34Cl2Zr. The van der Waals surface area contributed by atoms with Crippen molar-refractivity contribution in [3.05, 3.63) is 62.5 Å². The van der Waals surface area contributed by atoms with Crippen LogP contribution in [0.1, 0.15) is 76.6 Å². The van der Waals surface area contributed by atoms with Gasteiger partial charge in [-0.1, -0.05) is 0 Å². The molecule has 0 radical (unpaired) electrons. The fourth-order valence-electron chi connectivity index (χ4n) is 4.31. The molecule has 0 spiro atoms. The zero-order valence-electron chi connectivity index (χ0n) is 18.6. The van der Waals surface area contributed by atoms with Crippen molar-refractivity contribution in [3.63, 3.8) is 0 Å². The largest absolute Gasteiger partial charge is 1.00 e. The van der Waals surface area contributed by atoms with Gasteiger partial charge in [0.2, 0.25) is 0 Å². The average molecular weight is 497 g/mol. The zero-order valence-corrected chi connectivity index (χ0v) is 22.6. The number of hydrogen-bond acceptors (Lipinski definition) is 0. The third-order valence-corrected chi connectivity index (χ3v) is 13.6. The Labute approximate surface area is 192 Å². The van der Waals surface area contributed by atoms with Gasteiger partial charge < -0.3 is 24.8 Å². The van der Waals surface area contributed by atoms with Crippen LogP contribution in [0, 0.1) is 10.8 Å². The van der Waals surface area contributed by atoms with Gasteiger partial charge in [0.15, 0.2) is 0 Å².